The molecular formula is C38H49N5O6S. The molecule has 1 saturated heterocycles. The average molecular weight is 704 g/mol. The van der Waals surface area contributed by atoms with E-state index in [0.29, 0.717) is 38.5 Å². The molecule has 3 heterocycles. The highest BCUT2D eigenvalue weighted by atomic mass is 32.2. The van der Waals surface area contributed by atoms with Crippen molar-refractivity contribution >= 4 is 38.8 Å². The van der Waals surface area contributed by atoms with Crippen molar-refractivity contribution in [1.82, 2.24) is 23.4 Å². The van der Waals surface area contributed by atoms with Gasteiger partial charge in [-0.2, -0.15) is 12.7 Å². The summed E-state index contributed by atoms with van der Waals surface area (Å²) in [5.74, 6) is 0.500. The van der Waals surface area contributed by atoms with Crippen LogP contribution in [0.1, 0.15) is 98.5 Å². The van der Waals surface area contributed by atoms with Gasteiger partial charge in [0.2, 0.25) is 11.8 Å². The summed E-state index contributed by atoms with van der Waals surface area (Å²) in [4.78, 5) is 44.7. The first-order chi connectivity index (χ1) is 23.9. The van der Waals surface area contributed by atoms with Gasteiger partial charge >= 0.3 is 10.2 Å². The molecule has 7 rings (SSSR count). The average Bonchev–Trinajstić information content (AvgIpc) is 3.53. The number of benzene rings is 2. The number of methoxy groups -OCH3 is 1. The molecule has 3 unspecified atom stereocenters. The Hall–Kier alpha value is -3.90. The van der Waals surface area contributed by atoms with E-state index in [2.05, 4.69) is 21.4 Å². The van der Waals surface area contributed by atoms with E-state index in [9.17, 15) is 18.0 Å². The predicted molar refractivity (Wildman–Crippen MR) is 192 cm³/mol. The lowest BCUT2D eigenvalue weighted by atomic mass is 9.81. The number of hydrogen-bond acceptors (Lipinski definition) is 6. The Balaban J connectivity index is 1.39. The van der Waals surface area contributed by atoms with Crippen LogP contribution in [0.25, 0.3) is 22.2 Å². The molecule has 3 amide bonds. The summed E-state index contributed by atoms with van der Waals surface area (Å²) in [5.41, 5.74) is 4.92. The van der Waals surface area contributed by atoms with E-state index in [1.807, 2.05) is 28.9 Å². The third-order valence-electron chi connectivity index (χ3n) is 11.8. The molecule has 3 fully saturated rings. The zero-order chi connectivity index (χ0) is 35.5. The molecule has 0 bridgehead atoms. The van der Waals surface area contributed by atoms with Gasteiger partial charge in [-0.05, 0) is 86.4 Å². The summed E-state index contributed by atoms with van der Waals surface area (Å²) in [6.07, 6.45) is 8.07. The summed E-state index contributed by atoms with van der Waals surface area (Å²) < 4.78 is 36.4. The smallest absolute Gasteiger partial charge is 0.303 e. The maximum atomic E-state index is 15.0. The number of nitrogens with one attached hydrogen (secondary N) is 1. The minimum atomic E-state index is -3.99. The summed E-state index contributed by atoms with van der Waals surface area (Å²) in [5, 5.41) is 1.04. The van der Waals surface area contributed by atoms with E-state index < -0.39 is 21.5 Å². The van der Waals surface area contributed by atoms with Gasteiger partial charge in [0, 0.05) is 81.2 Å². The number of aromatic nitrogens is 1. The third-order valence-corrected chi connectivity index (χ3v) is 13.2. The molecule has 2 saturated carbocycles. The Bertz CT molecular complexity index is 1960. The molecule has 3 aromatic rings. The van der Waals surface area contributed by atoms with Gasteiger partial charge in [-0.15, -0.1) is 0 Å². The first-order valence-corrected chi connectivity index (χ1v) is 19.5. The minimum absolute atomic E-state index is 0.0118. The number of likely N-dealkylation sites (N-methyl/N-ethyl adjacent to an activating group) is 1. The van der Waals surface area contributed by atoms with Crippen LogP contribution in [-0.2, 0) is 26.3 Å². The first kappa shape index (κ1) is 34.5. The second kappa shape index (κ2) is 13.0. The Morgan fingerprint density at radius 2 is 1.78 bits per heavy atom. The number of hydrogen-bond donors (Lipinski definition) is 1. The predicted octanol–water partition coefficient (Wildman–Crippen LogP) is 5.25. The van der Waals surface area contributed by atoms with E-state index in [1.54, 1.807) is 26.2 Å². The number of amides is 3. The number of carbonyl (C=O) groups is 3. The molecule has 2 aliphatic heterocycles. The first-order valence-electron chi connectivity index (χ1n) is 18.1. The number of fused-ring (bicyclic) bond motifs is 7. The fourth-order valence-corrected chi connectivity index (χ4v) is 9.54. The van der Waals surface area contributed by atoms with Crippen molar-refractivity contribution in [2.75, 3.05) is 40.8 Å². The molecule has 11 nitrogen and oxygen atoms in total. The minimum Gasteiger partial charge on any atom is -0.497 e. The molecule has 0 radical (unpaired) electrons. The molecule has 3 atom stereocenters. The topological polar surface area (TPSA) is 121 Å². The third kappa shape index (κ3) is 5.78. The standard InChI is InChI=1S/C38H49N5O6S/c1-6-41(24(2)44)22-27-13-10-18-42(27)37(46)38-21-32(38)31-20-28(49-5)15-17-29(31)35-34(25-11-8-7-9-12-25)30-16-14-26(19-33(30)43(35)23-38)36(45)39-50(47,48)40(3)4/h14-17,19-20,25,27,32H,6-13,18,21-23H2,1-5H3,(H,39,45). The van der Waals surface area contributed by atoms with Gasteiger partial charge in [-0.1, -0.05) is 25.3 Å². The number of ether oxygens (including phenoxy) is 1. The van der Waals surface area contributed by atoms with E-state index in [4.69, 9.17) is 4.74 Å². The van der Waals surface area contributed by atoms with Crippen LogP contribution in [0.4, 0.5) is 0 Å². The van der Waals surface area contributed by atoms with Gasteiger partial charge in [0.25, 0.3) is 5.91 Å². The molecule has 1 N–H and O–H groups in total. The van der Waals surface area contributed by atoms with Crippen LogP contribution in [-0.4, -0.2) is 91.7 Å². The number of rotatable bonds is 9. The normalized spacial score (nSPS) is 23.2. The van der Waals surface area contributed by atoms with Crippen LogP contribution >= 0.6 is 0 Å². The van der Waals surface area contributed by atoms with Gasteiger partial charge in [-0.25, -0.2) is 4.72 Å². The van der Waals surface area contributed by atoms with Gasteiger partial charge in [0.1, 0.15) is 5.75 Å². The van der Waals surface area contributed by atoms with Crippen molar-refractivity contribution in [1.29, 1.82) is 0 Å². The second-order valence-corrected chi connectivity index (χ2v) is 16.7. The van der Waals surface area contributed by atoms with E-state index in [-0.39, 0.29) is 29.3 Å². The molecular weight excluding hydrogens is 655 g/mol. The molecule has 2 aliphatic carbocycles. The molecule has 4 aliphatic rings. The molecule has 12 heteroatoms. The Morgan fingerprint density at radius 1 is 1.02 bits per heavy atom. The van der Waals surface area contributed by atoms with Gasteiger partial charge in [-0.3, -0.25) is 14.4 Å². The molecule has 50 heavy (non-hydrogen) atoms. The number of nitrogens with zero attached hydrogens (tertiary/aromatic N) is 4. The van der Waals surface area contributed by atoms with Crippen LogP contribution in [0.2, 0.25) is 0 Å². The Morgan fingerprint density at radius 3 is 2.46 bits per heavy atom. The summed E-state index contributed by atoms with van der Waals surface area (Å²) in [6.45, 7) is 5.80. The number of likely N-dealkylation sites (tertiary alicyclic amines) is 1. The maximum absolute atomic E-state index is 15.0. The van der Waals surface area contributed by atoms with Crippen molar-refractivity contribution in [3.8, 4) is 17.0 Å². The summed E-state index contributed by atoms with van der Waals surface area (Å²) in [6, 6.07) is 11.7. The highest BCUT2D eigenvalue weighted by Crippen LogP contribution is 2.66. The monoisotopic (exact) mass is 703 g/mol. The van der Waals surface area contributed by atoms with Crippen LogP contribution in [0.15, 0.2) is 36.4 Å². The molecule has 268 valence electrons. The zero-order valence-corrected chi connectivity index (χ0v) is 30.6. The van der Waals surface area contributed by atoms with Crippen LogP contribution in [0, 0.1) is 5.41 Å². The molecule has 0 spiro atoms. The lowest BCUT2D eigenvalue weighted by Crippen LogP contribution is -2.48. The van der Waals surface area contributed by atoms with Crippen LogP contribution < -0.4 is 9.46 Å². The van der Waals surface area contributed by atoms with Gasteiger partial charge in [0.15, 0.2) is 0 Å². The Labute approximate surface area is 295 Å². The van der Waals surface area contributed by atoms with Crippen molar-refractivity contribution < 1.29 is 27.5 Å². The van der Waals surface area contributed by atoms with E-state index in [1.165, 1.54) is 26.1 Å². The van der Waals surface area contributed by atoms with E-state index in [0.717, 1.165) is 76.3 Å². The molecule has 2 aromatic carbocycles. The number of carbonyl (C=O) groups excluding carboxylic acids is 3. The maximum Gasteiger partial charge on any atom is 0.303 e. The van der Waals surface area contributed by atoms with Gasteiger partial charge in [0.05, 0.1) is 18.2 Å². The fourth-order valence-electron chi connectivity index (χ4n) is 9.00. The highest BCUT2D eigenvalue weighted by Gasteiger charge is 2.64. The SMILES string of the molecule is CCN(CC1CCCN1C(=O)C12CC1c1cc(OC)ccc1-c1c(C3CCCCC3)c3ccc(C(=O)NS(=O)(=O)N(C)C)cc3n1C2)C(C)=O. The lowest BCUT2D eigenvalue weighted by Gasteiger charge is -2.33. The highest BCUT2D eigenvalue weighted by molar-refractivity contribution is 7.87. The fraction of sp³-hybridized carbons (Fsp3) is 0.553. The largest absolute Gasteiger partial charge is 0.497 e. The van der Waals surface area contributed by atoms with Gasteiger partial charge < -0.3 is 19.1 Å². The van der Waals surface area contributed by atoms with E-state index >= 15 is 4.79 Å². The summed E-state index contributed by atoms with van der Waals surface area (Å²) in [7, 11) is 0.427. The quantitative estimate of drug-likeness (QED) is 0.325. The zero-order valence-electron chi connectivity index (χ0n) is 29.8. The molecule has 1 aromatic heterocycles. The summed E-state index contributed by atoms with van der Waals surface area (Å²) >= 11 is 0. The van der Waals surface area contributed by atoms with Crippen LogP contribution in [0.5, 0.6) is 5.75 Å². The van der Waals surface area contributed by atoms with Crippen molar-refractivity contribution in [3.05, 3.63) is 53.1 Å². The van der Waals surface area contributed by atoms with Crippen molar-refractivity contribution in [2.24, 2.45) is 5.41 Å². The van der Waals surface area contributed by atoms with Crippen molar-refractivity contribution in [2.45, 2.75) is 89.6 Å². The Kier molecular flexibility index (Phi) is 8.99. The second-order valence-electron chi connectivity index (χ2n) is 14.9. The lowest BCUT2D eigenvalue weighted by molar-refractivity contribution is -0.140. The van der Waals surface area contributed by atoms with Crippen molar-refractivity contribution in [3.63, 3.8) is 0 Å². The van der Waals surface area contributed by atoms with Crippen LogP contribution in [0.3, 0.4) is 0 Å².